The summed E-state index contributed by atoms with van der Waals surface area (Å²) in [5.74, 6) is 0.670. The molecule has 1 aromatic rings. The van der Waals surface area contributed by atoms with Gasteiger partial charge in [0.15, 0.2) is 0 Å². The molecule has 15 heavy (non-hydrogen) atoms. The first-order chi connectivity index (χ1) is 6.97. The number of halogens is 1. The molecule has 0 saturated carbocycles. The lowest BCUT2D eigenvalue weighted by Gasteiger charge is -2.08. The second kappa shape index (κ2) is 3.68. The average molecular weight is 247 g/mol. The normalized spacial score (nSPS) is 14.8. The van der Waals surface area contributed by atoms with Gasteiger partial charge in [0.25, 0.3) is 0 Å². The van der Waals surface area contributed by atoms with Crippen LogP contribution in [0.15, 0.2) is 12.1 Å². The highest BCUT2D eigenvalue weighted by molar-refractivity contribution is 8.13. The summed E-state index contributed by atoms with van der Waals surface area (Å²) in [5, 5.41) is 0. The Bertz CT molecular complexity index is 494. The predicted octanol–water partition coefficient (Wildman–Crippen LogP) is 2.00. The number of rotatable bonds is 2. The summed E-state index contributed by atoms with van der Waals surface area (Å²) in [7, 11) is 1.77. The topological polar surface area (TPSA) is 43.4 Å². The van der Waals surface area contributed by atoms with Gasteiger partial charge in [-0.1, -0.05) is 6.07 Å². The highest BCUT2D eigenvalue weighted by atomic mass is 35.7. The molecule has 5 heteroatoms. The van der Waals surface area contributed by atoms with Crippen molar-refractivity contribution in [2.45, 2.75) is 19.1 Å². The molecule has 0 amide bonds. The molecular weight excluding hydrogens is 236 g/mol. The second-order valence-corrected chi connectivity index (χ2v) is 6.40. The third kappa shape index (κ3) is 2.26. The molecule has 0 saturated heterocycles. The Hall–Kier alpha value is -0.740. The summed E-state index contributed by atoms with van der Waals surface area (Å²) in [6.45, 7) is 2.50. The fourth-order valence-corrected chi connectivity index (χ4v) is 2.91. The van der Waals surface area contributed by atoms with E-state index in [9.17, 15) is 8.42 Å². The molecule has 1 aliphatic rings. The van der Waals surface area contributed by atoms with Gasteiger partial charge in [-0.3, -0.25) is 0 Å². The van der Waals surface area contributed by atoms with Crippen LogP contribution < -0.4 is 4.74 Å². The van der Waals surface area contributed by atoms with Crippen molar-refractivity contribution in [1.82, 2.24) is 0 Å². The van der Waals surface area contributed by atoms with Crippen molar-refractivity contribution in [3.63, 3.8) is 0 Å². The summed E-state index contributed by atoms with van der Waals surface area (Å²) in [6.07, 6.45) is 0.763. The standard InChI is InChI=1S/C10H11ClO3S/c1-7-2-3-10-8(4-5-14-10)9(7)6-15(11,12)13/h2-3H,4-6H2,1H3. The van der Waals surface area contributed by atoms with Gasteiger partial charge >= 0.3 is 0 Å². The summed E-state index contributed by atoms with van der Waals surface area (Å²) in [5.41, 5.74) is 2.72. The molecule has 0 spiro atoms. The molecule has 0 radical (unpaired) electrons. The van der Waals surface area contributed by atoms with Crippen molar-refractivity contribution in [2.75, 3.05) is 6.61 Å². The molecule has 2 rings (SSSR count). The maximum absolute atomic E-state index is 11.1. The molecule has 1 aromatic carbocycles. The molecule has 0 fully saturated rings. The van der Waals surface area contributed by atoms with Crippen LogP contribution in [0.25, 0.3) is 0 Å². The maximum Gasteiger partial charge on any atom is 0.236 e. The minimum Gasteiger partial charge on any atom is -0.493 e. The Morgan fingerprint density at radius 3 is 2.87 bits per heavy atom. The molecule has 0 atom stereocenters. The fourth-order valence-electron chi connectivity index (χ4n) is 1.83. The zero-order valence-electron chi connectivity index (χ0n) is 8.29. The van der Waals surface area contributed by atoms with Crippen molar-refractivity contribution < 1.29 is 13.2 Å². The zero-order valence-corrected chi connectivity index (χ0v) is 9.86. The average Bonchev–Trinajstić information content (AvgIpc) is 2.56. The van der Waals surface area contributed by atoms with Crippen LogP contribution in [0, 0.1) is 6.92 Å². The molecular formula is C10H11ClO3S. The van der Waals surface area contributed by atoms with E-state index < -0.39 is 9.05 Å². The Kier molecular flexibility index (Phi) is 2.64. The van der Waals surface area contributed by atoms with Gasteiger partial charge in [0, 0.05) is 22.7 Å². The first kappa shape index (κ1) is 10.8. The zero-order chi connectivity index (χ0) is 11.1. The third-order valence-electron chi connectivity index (χ3n) is 2.55. The van der Waals surface area contributed by atoms with Crippen LogP contribution in [-0.4, -0.2) is 15.0 Å². The van der Waals surface area contributed by atoms with Crippen molar-refractivity contribution in [3.8, 4) is 5.75 Å². The Morgan fingerprint density at radius 1 is 1.47 bits per heavy atom. The largest absolute Gasteiger partial charge is 0.493 e. The van der Waals surface area contributed by atoms with Gasteiger partial charge in [0.2, 0.25) is 9.05 Å². The van der Waals surface area contributed by atoms with Crippen molar-refractivity contribution in [2.24, 2.45) is 0 Å². The van der Waals surface area contributed by atoms with Gasteiger partial charge in [-0.25, -0.2) is 8.42 Å². The predicted molar refractivity (Wildman–Crippen MR) is 58.9 cm³/mol. The van der Waals surface area contributed by atoms with Crippen LogP contribution >= 0.6 is 10.7 Å². The number of hydrogen-bond donors (Lipinski definition) is 0. The SMILES string of the molecule is Cc1ccc2c(c1CS(=O)(=O)Cl)CCO2. The van der Waals surface area contributed by atoms with Crippen LogP contribution in [0.3, 0.4) is 0 Å². The van der Waals surface area contributed by atoms with Gasteiger partial charge in [-0.05, 0) is 24.1 Å². The first-order valence-electron chi connectivity index (χ1n) is 4.64. The summed E-state index contributed by atoms with van der Waals surface area (Å²) in [4.78, 5) is 0. The van der Waals surface area contributed by atoms with Gasteiger partial charge in [-0.15, -0.1) is 0 Å². The highest BCUT2D eigenvalue weighted by Crippen LogP contribution is 2.32. The minimum absolute atomic E-state index is 0.118. The number of hydrogen-bond acceptors (Lipinski definition) is 3. The van der Waals surface area contributed by atoms with E-state index >= 15 is 0 Å². The second-order valence-electron chi connectivity index (χ2n) is 3.62. The molecule has 1 heterocycles. The molecule has 0 aliphatic carbocycles. The van der Waals surface area contributed by atoms with Gasteiger partial charge in [0.05, 0.1) is 12.4 Å². The van der Waals surface area contributed by atoms with Crippen molar-refractivity contribution in [1.29, 1.82) is 0 Å². The molecule has 0 N–H and O–H groups in total. The van der Waals surface area contributed by atoms with E-state index in [4.69, 9.17) is 15.4 Å². The van der Waals surface area contributed by atoms with Crippen molar-refractivity contribution in [3.05, 3.63) is 28.8 Å². The number of fused-ring (bicyclic) bond motifs is 1. The summed E-state index contributed by atoms with van der Waals surface area (Å²) >= 11 is 0. The van der Waals surface area contributed by atoms with E-state index in [0.29, 0.717) is 6.61 Å². The molecule has 3 nitrogen and oxygen atoms in total. The van der Waals surface area contributed by atoms with Crippen LogP contribution in [0.1, 0.15) is 16.7 Å². The number of aryl methyl sites for hydroxylation is 1. The van der Waals surface area contributed by atoms with Crippen LogP contribution in [-0.2, 0) is 21.2 Å². The van der Waals surface area contributed by atoms with E-state index in [1.54, 1.807) is 0 Å². The van der Waals surface area contributed by atoms with Crippen LogP contribution in [0.5, 0.6) is 5.75 Å². The minimum atomic E-state index is -3.50. The molecule has 1 aliphatic heterocycles. The van der Waals surface area contributed by atoms with E-state index in [2.05, 4.69) is 0 Å². The van der Waals surface area contributed by atoms with E-state index in [1.807, 2.05) is 19.1 Å². The maximum atomic E-state index is 11.1. The summed E-state index contributed by atoms with van der Waals surface area (Å²) in [6, 6.07) is 3.74. The monoisotopic (exact) mass is 246 g/mol. The van der Waals surface area contributed by atoms with Crippen LogP contribution in [0.2, 0.25) is 0 Å². The molecule has 0 aromatic heterocycles. The third-order valence-corrected chi connectivity index (χ3v) is 3.51. The molecule has 0 bridgehead atoms. The van der Waals surface area contributed by atoms with E-state index in [-0.39, 0.29) is 5.75 Å². The smallest absolute Gasteiger partial charge is 0.236 e. The fraction of sp³-hybridized carbons (Fsp3) is 0.400. The lowest BCUT2D eigenvalue weighted by atomic mass is 10.0. The highest BCUT2D eigenvalue weighted by Gasteiger charge is 2.20. The van der Waals surface area contributed by atoms with Gasteiger partial charge < -0.3 is 4.74 Å². The lowest BCUT2D eigenvalue weighted by molar-refractivity contribution is 0.357. The van der Waals surface area contributed by atoms with Crippen LogP contribution in [0.4, 0.5) is 0 Å². The Labute approximate surface area is 93.4 Å². The van der Waals surface area contributed by atoms with Gasteiger partial charge in [-0.2, -0.15) is 0 Å². The number of ether oxygens (including phenoxy) is 1. The van der Waals surface area contributed by atoms with E-state index in [1.165, 1.54) is 0 Å². The summed E-state index contributed by atoms with van der Waals surface area (Å²) < 4.78 is 27.5. The lowest BCUT2D eigenvalue weighted by Crippen LogP contribution is -2.01. The van der Waals surface area contributed by atoms with E-state index in [0.717, 1.165) is 28.9 Å². The molecule has 82 valence electrons. The number of benzene rings is 1. The quantitative estimate of drug-likeness (QED) is 0.750. The Morgan fingerprint density at radius 2 is 2.20 bits per heavy atom. The Balaban J connectivity index is 2.50. The molecule has 0 unspecified atom stereocenters. The van der Waals surface area contributed by atoms with Crippen molar-refractivity contribution >= 4 is 19.7 Å². The first-order valence-corrected chi connectivity index (χ1v) is 7.12. The van der Waals surface area contributed by atoms with Gasteiger partial charge in [0.1, 0.15) is 5.75 Å².